The monoisotopic (exact) mass is 501 g/mol. The van der Waals surface area contributed by atoms with E-state index in [2.05, 4.69) is 78.9 Å². The SMILES string of the molecule is CCCN(CCC1CN=C(NC(=O)c2nc(Cl)c(N)nc2N)N1)Sc1cccc2c1ccn2C. The fourth-order valence-corrected chi connectivity index (χ4v) is 5.03. The third kappa shape index (κ3) is 5.37. The molecular formula is C22H28ClN9OS. The smallest absolute Gasteiger partial charge is 0.280 e. The van der Waals surface area contributed by atoms with Crippen molar-refractivity contribution >= 4 is 58.0 Å². The van der Waals surface area contributed by atoms with Crippen LogP contribution in [0.2, 0.25) is 5.15 Å². The number of carbonyl (C=O) groups excluding carboxylic acids is 1. The normalized spacial score (nSPS) is 15.5. The Labute approximate surface area is 207 Å². The van der Waals surface area contributed by atoms with Crippen molar-refractivity contribution in [3.05, 3.63) is 41.3 Å². The lowest BCUT2D eigenvalue weighted by atomic mass is 10.2. The Balaban J connectivity index is 1.32. The number of fused-ring (bicyclic) bond motifs is 1. The summed E-state index contributed by atoms with van der Waals surface area (Å²) in [6.45, 7) is 4.60. The number of hydrogen-bond donors (Lipinski definition) is 4. The van der Waals surface area contributed by atoms with Gasteiger partial charge in [0.15, 0.2) is 28.4 Å². The molecule has 0 fully saturated rings. The molecule has 0 aliphatic carbocycles. The lowest BCUT2D eigenvalue weighted by Crippen LogP contribution is -2.43. The Morgan fingerprint density at radius 2 is 2.12 bits per heavy atom. The summed E-state index contributed by atoms with van der Waals surface area (Å²) < 4.78 is 4.52. The van der Waals surface area contributed by atoms with Crippen LogP contribution < -0.4 is 22.1 Å². The Kier molecular flexibility index (Phi) is 7.44. The van der Waals surface area contributed by atoms with Gasteiger partial charge in [-0.1, -0.05) is 24.6 Å². The van der Waals surface area contributed by atoms with Gasteiger partial charge >= 0.3 is 0 Å². The number of amides is 1. The van der Waals surface area contributed by atoms with Crippen LogP contribution in [0.25, 0.3) is 10.9 Å². The molecule has 34 heavy (non-hydrogen) atoms. The first-order chi connectivity index (χ1) is 16.4. The van der Waals surface area contributed by atoms with Crippen LogP contribution >= 0.6 is 23.5 Å². The van der Waals surface area contributed by atoms with Crippen LogP contribution in [0.5, 0.6) is 0 Å². The van der Waals surface area contributed by atoms with Crippen LogP contribution in [-0.2, 0) is 7.05 Å². The van der Waals surface area contributed by atoms with Crippen molar-refractivity contribution in [2.24, 2.45) is 12.0 Å². The van der Waals surface area contributed by atoms with E-state index in [1.807, 2.05) is 0 Å². The van der Waals surface area contributed by atoms with E-state index in [1.165, 1.54) is 15.8 Å². The highest BCUT2D eigenvalue weighted by Gasteiger charge is 2.23. The van der Waals surface area contributed by atoms with Crippen molar-refractivity contribution in [3.8, 4) is 0 Å². The molecule has 1 amide bonds. The van der Waals surface area contributed by atoms with Gasteiger partial charge in [0.25, 0.3) is 5.91 Å². The number of nitrogens with zero attached hydrogens (tertiary/aromatic N) is 5. The van der Waals surface area contributed by atoms with Gasteiger partial charge in [0.1, 0.15) is 0 Å². The maximum Gasteiger partial charge on any atom is 0.280 e. The third-order valence-corrected chi connectivity index (χ3v) is 6.93. The molecule has 1 aliphatic heterocycles. The van der Waals surface area contributed by atoms with E-state index in [4.69, 9.17) is 23.1 Å². The second-order valence-electron chi connectivity index (χ2n) is 8.04. The quantitative estimate of drug-likeness (QED) is 0.345. The number of nitrogens with two attached hydrogens (primary N) is 2. The van der Waals surface area contributed by atoms with Gasteiger partial charge in [0.2, 0.25) is 0 Å². The van der Waals surface area contributed by atoms with Gasteiger partial charge in [0, 0.05) is 48.2 Å². The molecule has 4 rings (SSSR count). The van der Waals surface area contributed by atoms with Gasteiger partial charge in [-0.3, -0.25) is 15.1 Å². The average molecular weight is 502 g/mol. The van der Waals surface area contributed by atoms with Crippen LogP contribution in [0.15, 0.2) is 40.4 Å². The summed E-state index contributed by atoms with van der Waals surface area (Å²) in [6.07, 6.45) is 4.02. The lowest BCUT2D eigenvalue weighted by molar-refractivity contribution is 0.0972. The lowest BCUT2D eigenvalue weighted by Gasteiger charge is -2.23. The molecule has 0 bridgehead atoms. The predicted octanol–water partition coefficient (Wildman–Crippen LogP) is 2.65. The largest absolute Gasteiger partial charge is 0.382 e. The molecule has 0 saturated carbocycles. The Morgan fingerprint density at radius 3 is 2.91 bits per heavy atom. The summed E-state index contributed by atoms with van der Waals surface area (Å²) >= 11 is 7.66. The first kappa shape index (κ1) is 24.1. The Morgan fingerprint density at radius 1 is 1.29 bits per heavy atom. The van der Waals surface area contributed by atoms with Crippen molar-refractivity contribution < 1.29 is 4.79 Å². The first-order valence-electron chi connectivity index (χ1n) is 11.0. The second kappa shape index (κ2) is 10.5. The molecule has 12 heteroatoms. The van der Waals surface area contributed by atoms with E-state index in [9.17, 15) is 4.79 Å². The summed E-state index contributed by atoms with van der Waals surface area (Å²) in [6, 6.07) is 8.67. The standard InChI is InChI=1S/C22H28ClN9OS/c1-3-9-32(34-16-6-4-5-15-14(16)8-10-31(15)2)11-7-13-12-26-22(27-13)30-21(33)17-19(24)29-20(25)18(23)28-17/h4-6,8,10,13H,3,7,9,11-12H2,1-2H3,(H4,24,25,29)(H2,26,27,30,33). The van der Waals surface area contributed by atoms with Crippen molar-refractivity contribution in [2.75, 3.05) is 31.1 Å². The molecule has 0 radical (unpaired) electrons. The number of anilines is 2. The highest BCUT2D eigenvalue weighted by molar-refractivity contribution is 7.97. The van der Waals surface area contributed by atoms with E-state index in [0.717, 1.165) is 25.9 Å². The topological polar surface area (TPSA) is 139 Å². The van der Waals surface area contributed by atoms with Crippen molar-refractivity contribution in [3.63, 3.8) is 0 Å². The van der Waals surface area contributed by atoms with E-state index in [0.29, 0.717) is 12.5 Å². The van der Waals surface area contributed by atoms with Gasteiger partial charge in [-0.15, -0.1) is 0 Å². The minimum atomic E-state index is -0.544. The van der Waals surface area contributed by atoms with Gasteiger partial charge in [-0.2, -0.15) is 0 Å². The third-order valence-electron chi connectivity index (χ3n) is 5.48. The number of nitrogens with one attached hydrogen (secondary N) is 2. The first-order valence-corrected chi connectivity index (χ1v) is 12.2. The summed E-state index contributed by atoms with van der Waals surface area (Å²) in [5.74, 6) is -0.272. The molecule has 180 valence electrons. The zero-order valence-electron chi connectivity index (χ0n) is 19.1. The molecule has 0 saturated heterocycles. The van der Waals surface area contributed by atoms with Gasteiger partial charge in [-0.05, 0) is 43.0 Å². The van der Waals surface area contributed by atoms with E-state index >= 15 is 0 Å². The maximum absolute atomic E-state index is 12.5. The fraction of sp³-hybridized carbons (Fsp3) is 0.364. The maximum atomic E-state index is 12.5. The molecule has 1 aromatic carbocycles. The molecule has 3 aromatic rings. The molecule has 6 N–H and O–H groups in total. The molecular weight excluding hydrogens is 474 g/mol. The molecule has 2 aromatic heterocycles. The van der Waals surface area contributed by atoms with E-state index < -0.39 is 5.91 Å². The van der Waals surface area contributed by atoms with Crippen LogP contribution in [0, 0.1) is 0 Å². The average Bonchev–Trinajstić information content (AvgIpc) is 3.41. The van der Waals surface area contributed by atoms with Crippen LogP contribution in [0.1, 0.15) is 30.3 Å². The highest BCUT2D eigenvalue weighted by atomic mass is 35.5. The molecule has 1 atom stereocenters. The van der Waals surface area contributed by atoms with E-state index in [1.54, 1.807) is 11.9 Å². The summed E-state index contributed by atoms with van der Waals surface area (Å²) in [5.41, 5.74) is 12.5. The molecule has 1 aliphatic rings. The van der Waals surface area contributed by atoms with Crippen molar-refractivity contribution in [1.82, 2.24) is 29.5 Å². The zero-order chi connectivity index (χ0) is 24.2. The Hall–Kier alpha value is -3.02. The van der Waals surface area contributed by atoms with Crippen LogP contribution in [-0.4, -0.2) is 56.4 Å². The summed E-state index contributed by atoms with van der Waals surface area (Å²) in [7, 11) is 2.06. The molecule has 0 spiro atoms. The number of aryl methyl sites for hydroxylation is 1. The Bertz CT molecular complexity index is 1230. The number of nitrogen functional groups attached to an aromatic ring is 2. The predicted molar refractivity (Wildman–Crippen MR) is 138 cm³/mol. The van der Waals surface area contributed by atoms with Crippen molar-refractivity contribution in [1.29, 1.82) is 0 Å². The number of carbonyl (C=O) groups is 1. The highest BCUT2D eigenvalue weighted by Crippen LogP contribution is 2.31. The zero-order valence-corrected chi connectivity index (χ0v) is 20.7. The summed E-state index contributed by atoms with van der Waals surface area (Å²) in [4.78, 5) is 25.9. The number of aromatic nitrogens is 3. The number of halogens is 1. The number of benzene rings is 1. The molecule has 1 unspecified atom stereocenters. The van der Waals surface area contributed by atoms with Crippen LogP contribution in [0.3, 0.4) is 0 Å². The van der Waals surface area contributed by atoms with Gasteiger partial charge in [0.05, 0.1) is 6.54 Å². The van der Waals surface area contributed by atoms with Gasteiger partial charge < -0.3 is 21.4 Å². The van der Waals surface area contributed by atoms with Gasteiger partial charge in [-0.25, -0.2) is 14.3 Å². The van der Waals surface area contributed by atoms with E-state index in [-0.39, 0.29) is 28.5 Å². The fourth-order valence-electron chi connectivity index (χ4n) is 3.75. The van der Waals surface area contributed by atoms with Crippen molar-refractivity contribution in [2.45, 2.75) is 30.7 Å². The number of aliphatic imine (C=N–C) groups is 1. The molecule has 3 heterocycles. The number of guanidine groups is 1. The van der Waals surface area contributed by atoms with Crippen LogP contribution in [0.4, 0.5) is 11.6 Å². The minimum Gasteiger partial charge on any atom is -0.382 e. The summed E-state index contributed by atoms with van der Waals surface area (Å²) in [5, 5.41) is 7.13. The second-order valence-corrected chi connectivity index (χ2v) is 9.54. The number of rotatable bonds is 8. The molecule has 10 nitrogen and oxygen atoms in total. The number of hydrogen-bond acceptors (Lipinski definition) is 9. The minimum absolute atomic E-state index is 0.0230.